The van der Waals surface area contributed by atoms with E-state index in [0.717, 1.165) is 0 Å². The van der Waals surface area contributed by atoms with Crippen LogP contribution in [0.3, 0.4) is 0 Å². The largest absolute Gasteiger partial charge is 0.490 e. The first kappa shape index (κ1) is 9.40. The van der Waals surface area contributed by atoms with Crippen molar-refractivity contribution in [3.63, 3.8) is 0 Å². The molecule has 0 aromatic heterocycles. The van der Waals surface area contributed by atoms with E-state index in [1.807, 2.05) is 0 Å². The molecule has 0 radical (unpaired) electrons. The molecule has 0 saturated heterocycles. The van der Waals surface area contributed by atoms with Crippen LogP contribution in [0.15, 0.2) is 11.8 Å². The smallest absolute Gasteiger partial charge is 0.294 e. The van der Waals surface area contributed by atoms with Crippen molar-refractivity contribution in [3.05, 3.63) is 11.8 Å². The number of hydrogen-bond donors (Lipinski definition) is 0. The van der Waals surface area contributed by atoms with Crippen LogP contribution in [0, 0.1) is 0 Å². The van der Waals surface area contributed by atoms with E-state index >= 15 is 0 Å². The van der Waals surface area contributed by atoms with E-state index in [9.17, 15) is 8.78 Å². The third-order valence-corrected chi connectivity index (χ3v) is 0.871. The summed E-state index contributed by atoms with van der Waals surface area (Å²) < 4.78 is 28.5. The average molecular weight is 150 g/mol. The molecular formula is C7H12F2O. The van der Waals surface area contributed by atoms with Gasteiger partial charge in [0.15, 0.2) is 5.76 Å². The Morgan fingerprint density at radius 2 is 1.90 bits per heavy atom. The fourth-order valence-corrected chi connectivity index (χ4v) is 0.518. The number of ether oxygens (including phenoxy) is 1. The molecule has 0 aromatic rings. The monoisotopic (exact) mass is 150 g/mol. The molecule has 0 spiro atoms. The molecule has 0 aromatic carbocycles. The van der Waals surface area contributed by atoms with Gasteiger partial charge in [0.1, 0.15) is 0 Å². The summed E-state index contributed by atoms with van der Waals surface area (Å²) >= 11 is 0. The molecule has 1 nitrogen and oxygen atoms in total. The second-order valence-electron chi connectivity index (χ2n) is 2.16. The summed E-state index contributed by atoms with van der Waals surface area (Å²) in [6.07, 6.45) is -1.39. The Bertz CT molecular complexity index is 119. The van der Waals surface area contributed by atoms with Crippen LogP contribution in [0.25, 0.3) is 0 Å². The standard InChI is InChI=1S/C7H12F2O/c1-4-6(7(8)9)10-5(2)3/h4-5,7H,1-3H3/b6-4+. The Morgan fingerprint density at radius 1 is 1.40 bits per heavy atom. The van der Waals surface area contributed by atoms with E-state index < -0.39 is 6.43 Å². The number of rotatable bonds is 3. The molecule has 0 rings (SSSR count). The van der Waals surface area contributed by atoms with E-state index in [1.54, 1.807) is 13.8 Å². The first-order valence-electron chi connectivity index (χ1n) is 3.19. The molecule has 60 valence electrons. The minimum absolute atomic E-state index is 0.180. The molecule has 0 aliphatic heterocycles. The Balaban J connectivity index is 3.86. The molecule has 0 N–H and O–H groups in total. The van der Waals surface area contributed by atoms with Crippen molar-refractivity contribution in [2.45, 2.75) is 33.3 Å². The van der Waals surface area contributed by atoms with E-state index in [1.165, 1.54) is 13.0 Å². The van der Waals surface area contributed by atoms with Crippen LogP contribution in [0.1, 0.15) is 20.8 Å². The predicted molar refractivity (Wildman–Crippen MR) is 36.0 cm³/mol. The highest BCUT2D eigenvalue weighted by Crippen LogP contribution is 2.11. The molecule has 10 heavy (non-hydrogen) atoms. The molecule has 0 unspecified atom stereocenters. The number of hydrogen-bond acceptors (Lipinski definition) is 1. The number of halogens is 2. The lowest BCUT2D eigenvalue weighted by Gasteiger charge is -2.11. The topological polar surface area (TPSA) is 9.23 Å². The zero-order chi connectivity index (χ0) is 8.15. The summed E-state index contributed by atoms with van der Waals surface area (Å²) in [4.78, 5) is 0. The van der Waals surface area contributed by atoms with Crippen LogP contribution in [-0.4, -0.2) is 12.5 Å². The zero-order valence-electron chi connectivity index (χ0n) is 6.40. The maximum Gasteiger partial charge on any atom is 0.294 e. The minimum atomic E-state index is -2.49. The van der Waals surface area contributed by atoms with E-state index in [-0.39, 0.29) is 11.9 Å². The summed E-state index contributed by atoms with van der Waals surface area (Å²) in [7, 11) is 0. The van der Waals surface area contributed by atoms with E-state index in [4.69, 9.17) is 4.74 Å². The first-order chi connectivity index (χ1) is 4.57. The van der Waals surface area contributed by atoms with Crippen LogP contribution in [0.5, 0.6) is 0 Å². The maximum absolute atomic E-state index is 11.9. The molecule has 0 fully saturated rings. The fraction of sp³-hybridized carbons (Fsp3) is 0.714. The van der Waals surface area contributed by atoms with Gasteiger partial charge in [-0.3, -0.25) is 0 Å². The lowest BCUT2D eigenvalue weighted by atomic mass is 10.4. The second kappa shape index (κ2) is 4.25. The quantitative estimate of drug-likeness (QED) is 0.562. The van der Waals surface area contributed by atoms with Gasteiger partial charge in [0.2, 0.25) is 0 Å². The minimum Gasteiger partial charge on any atom is -0.490 e. The van der Waals surface area contributed by atoms with Gasteiger partial charge in [-0.1, -0.05) is 0 Å². The van der Waals surface area contributed by atoms with Crippen molar-refractivity contribution in [3.8, 4) is 0 Å². The van der Waals surface area contributed by atoms with Gasteiger partial charge in [-0.15, -0.1) is 0 Å². The normalized spacial score (nSPS) is 12.9. The summed E-state index contributed by atoms with van der Waals surface area (Å²) in [6, 6.07) is 0. The lowest BCUT2D eigenvalue weighted by molar-refractivity contribution is 0.0535. The zero-order valence-corrected chi connectivity index (χ0v) is 6.40. The van der Waals surface area contributed by atoms with Gasteiger partial charge in [-0.05, 0) is 26.8 Å². The third kappa shape index (κ3) is 3.43. The molecule has 0 atom stereocenters. The highest BCUT2D eigenvalue weighted by molar-refractivity contribution is 4.93. The van der Waals surface area contributed by atoms with Crippen molar-refractivity contribution in [2.75, 3.05) is 0 Å². The molecule has 0 aliphatic rings. The van der Waals surface area contributed by atoms with Crippen LogP contribution in [0.4, 0.5) is 8.78 Å². The summed E-state index contributed by atoms with van der Waals surface area (Å²) in [5, 5.41) is 0. The number of allylic oxidation sites excluding steroid dienone is 2. The SMILES string of the molecule is C/C=C(/OC(C)C)C(F)F. The van der Waals surface area contributed by atoms with E-state index in [0.29, 0.717) is 0 Å². The Morgan fingerprint density at radius 3 is 2.00 bits per heavy atom. The van der Waals surface area contributed by atoms with Gasteiger partial charge < -0.3 is 4.74 Å². The van der Waals surface area contributed by atoms with Gasteiger partial charge in [0.25, 0.3) is 6.43 Å². The van der Waals surface area contributed by atoms with Gasteiger partial charge in [0.05, 0.1) is 6.10 Å². The second-order valence-corrected chi connectivity index (χ2v) is 2.16. The lowest BCUT2D eigenvalue weighted by Crippen LogP contribution is -2.08. The molecule has 0 heterocycles. The maximum atomic E-state index is 11.9. The molecule has 0 amide bonds. The van der Waals surface area contributed by atoms with Crippen LogP contribution < -0.4 is 0 Å². The first-order valence-corrected chi connectivity index (χ1v) is 3.19. The van der Waals surface area contributed by atoms with Crippen LogP contribution in [-0.2, 0) is 4.74 Å². The highest BCUT2D eigenvalue weighted by Gasteiger charge is 2.11. The van der Waals surface area contributed by atoms with Crippen molar-refractivity contribution in [1.29, 1.82) is 0 Å². The van der Waals surface area contributed by atoms with Gasteiger partial charge >= 0.3 is 0 Å². The van der Waals surface area contributed by atoms with Gasteiger partial charge in [0, 0.05) is 0 Å². The van der Waals surface area contributed by atoms with Crippen molar-refractivity contribution >= 4 is 0 Å². The summed E-state index contributed by atoms with van der Waals surface area (Å²) in [5.41, 5.74) is 0. The molecule has 0 bridgehead atoms. The summed E-state index contributed by atoms with van der Waals surface area (Å²) in [5.74, 6) is -0.241. The molecule has 0 aliphatic carbocycles. The summed E-state index contributed by atoms with van der Waals surface area (Å²) in [6.45, 7) is 4.96. The third-order valence-electron chi connectivity index (χ3n) is 0.871. The van der Waals surface area contributed by atoms with E-state index in [2.05, 4.69) is 0 Å². The van der Waals surface area contributed by atoms with Crippen molar-refractivity contribution < 1.29 is 13.5 Å². The van der Waals surface area contributed by atoms with Gasteiger partial charge in [-0.25, -0.2) is 8.78 Å². The molecular weight excluding hydrogens is 138 g/mol. The van der Waals surface area contributed by atoms with Gasteiger partial charge in [-0.2, -0.15) is 0 Å². The van der Waals surface area contributed by atoms with Crippen LogP contribution >= 0.6 is 0 Å². The molecule has 0 saturated carbocycles. The van der Waals surface area contributed by atoms with Crippen molar-refractivity contribution in [1.82, 2.24) is 0 Å². The molecule has 3 heteroatoms. The Labute approximate surface area is 59.7 Å². The predicted octanol–water partition coefficient (Wildman–Crippen LogP) is 2.58. The Kier molecular flexibility index (Phi) is 4.00. The van der Waals surface area contributed by atoms with Crippen LogP contribution in [0.2, 0.25) is 0 Å². The highest BCUT2D eigenvalue weighted by atomic mass is 19.3. The fourth-order valence-electron chi connectivity index (χ4n) is 0.518. The Hall–Kier alpha value is -0.600. The average Bonchev–Trinajstić information content (AvgIpc) is 1.81. The van der Waals surface area contributed by atoms with Crippen molar-refractivity contribution in [2.24, 2.45) is 0 Å². The number of alkyl halides is 2.